The zero-order valence-corrected chi connectivity index (χ0v) is 20.0. The predicted molar refractivity (Wildman–Crippen MR) is 124 cm³/mol. The number of aromatic nitrogens is 2. The topological polar surface area (TPSA) is 115 Å². The Labute approximate surface area is 198 Å². The Hall–Kier alpha value is -2.63. The third-order valence-electron chi connectivity index (χ3n) is 7.51. The standard InChI is InChI=1S/C23H29N5O5S/c1-32-17-11-27(12-17)16-10-28-22(33-13-16)20(9-24-28)34(30,31)26-23(29)25-21-18-6-2-4-14(18)8-15-5-3-7-19(15)21/h8-9,16-17H,2-7,10-13H2,1H3,(H2,25,26,29). The molecule has 2 amide bonds. The van der Waals surface area contributed by atoms with Crippen LogP contribution < -0.4 is 14.8 Å². The van der Waals surface area contributed by atoms with E-state index in [-0.39, 0.29) is 22.9 Å². The Morgan fingerprint density at radius 2 is 1.82 bits per heavy atom. The lowest BCUT2D eigenvalue weighted by atomic mass is 9.99. The van der Waals surface area contributed by atoms with Gasteiger partial charge in [-0.15, -0.1) is 0 Å². The van der Waals surface area contributed by atoms with Crippen molar-refractivity contribution in [2.45, 2.75) is 62.1 Å². The molecular weight excluding hydrogens is 458 g/mol. The molecule has 2 aromatic rings. The molecule has 4 aliphatic rings. The van der Waals surface area contributed by atoms with E-state index >= 15 is 0 Å². The van der Waals surface area contributed by atoms with E-state index in [2.05, 4.69) is 26.1 Å². The molecule has 1 unspecified atom stereocenters. The number of nitrogens with zero attached hydrogens (tertiary/aromatic N) is 3. The largest absolute Gasteiger partial charge is 0.475 e. The molecule has 10 nitrogen and oxygen atoms in total. The summed E-state index contributed by atoms with van der Waals surface area (Å²) in [6, 6.07) is 1.62. The first-order chi connectivity index (χ1) is 16.4. The van der Waals surface area contributed by atoms with E-state index in [9.17, 15) is 13.2 Å². The lowest BCUT2D eigenvalue weighted by Gasteiger charge is -2.44. The molecule has 2 aliphatic heterocycles. The number of benzene rings is 1. The van der Waals surface area contributed by atoms with E-state index in [4.69, 9.17) is 9.47 Å². The summed E-state index contributed by atoms with van der Waals surface area (Å²) in [5.41, 5.74) is 5.63. The van der Waals surface area contributed by atoms with Gasteiger partial charge in [-0.3, -0.25) is 4.90 Å². The van der Waals surface area contributed by atoms with Crippen LogP contribution in [0.25, 0.3) is 0 Å². The molecule has 1 aromatic carbocycles. The van der Waals surface area contributed by atoms with E-state index in [1.807, 2.05) is 0 Å². The zero-order chi connectivity index (χ0) is 23.4. The lowest BCUT2D eigenvalue weighted by Crippen LogP contribution is -2.59. The van der Waals surface area contributed by atoms with E-state index in [1.165, 1.54) is 17.3 Å². The van der Waals surface area contributed by atoms with Crippen LogP contribution >= 0.6 is 0 Å². The molecular formula is C23H29N5O5S. The number of anilines is 1. The van der Waals surface area contributed by atoms with E-state index in [0.717, 1.165) is 68.4 Å². The van der Waals surface area contributed by atoms with Gasteiger partial charge in [0.1, 0.15) is 6.61 Å². The van der Waals surface area contributed by atoms with Crippen molar-refractivity contribution < 1.29 is 22.7 Å². The second-order valence-electron chi connectivity index (χ2n) is 9.57. The minimum Gasteiger partial charge on any atom is -0.475 e. The minimum absolute atomic E-state index is 0.105. The highest BCUT2D eigenvalue weighted by molar-refractivity contribution is 7.90. The Bertz CT molecular complexity index is 1220. The number of rotatable bonds is 5. The van der Waals surface area contributed by atoms with Crippen LogP contribution in [-0.2, 0) is 47.0 Å². The molecule has 1 saturated heterocycles. The molecule has 3 heterocycles. The summed E-state index contributed by atoms with van der Waals surface area (Å²) < 4.78 is 41.0. The number of carbonyl (C=O) groups is 1. The van der Waals surface area contributed by atoms with Crippen LogP contribution in [0.4, 0.5) is 10.5 Å². The Morgan fingerprint density at radius 1 is 1.12 bits per heavy atom. The number of hydrogen-bond acceptors (Lipinski definition) is 7. The summed E-state index contributed by atoms with van der Waals surface area (Å²) in [6.07, 6.45) is 7.39. The Kier molecular flexibility index (Phi) is 5.30. The van der Waals surface area contributed by atoms with Gasteiger partial charge in [-0.25, -0.2) is 22.6 Å². The number of aryl methyl sites for hydroxylation is 2. The van der Waals surface area contributed by atoms with Gasteiger partial charge in [0.15, 0.2) is 4.90 Å². The molecule has 2 aliphatic carbocycles. The van der Waals surface area contributed by atoms with Crippen molar-refractivity contribution in [2.24, 2.45) is 0 Å². The first kappa shape index (κ1) is 21.9. The fraction of sp³-hybridized carbons (Fsp3) is 0.565. The van der Waals surface area contributed by atoms with Gasteiger partial charge in [0.2, 0.25) is 5.88 Å². The number of amides is 2. The molecule has 182 valence electrons. The normalized spacial score (nSPS) is 21.9. The fourth-order valence-corrected chi connectivity index (χ4v) is 6.65. The van der Waals surface area contributed by atoms with Gasteiger partial charge in [-0.1, -0.05) is 6.07 Å². The second kappa shape index (κ2) is 8.24. The monoisotopic (exact) mass is 487 g/mol. The number of likely N-dealkylation sites (tertiary alicyclic amines) is 1. The van der Waals surface area contributed by atoms with Crippen LogP contribution in [0.5, 0.6) is 5.88 Å². The van der Waals surface area contributed by atoms with Crippen molar-refractivity contribution in [3.8, 4) is 5.88 Å². The van der Waals surface area contributed by atoms with Gasteiger partial charge in [0.25, 0.3) is 10.0 Å². The van der Waals surface area contributed by atoms with Crippen LogP contribution in [0, 0.1) is 0 Å². The van der Waals surface area contributed by atoms with Crippen LogP contribution in [-0.4, -0.2) is 68.1 Å². The number of nitrogens with one attached hydrogen (secondary N) is 2. The van der Waals surface area contributed by atoms with E-state index in [0.29, 0.717) is 13.2 Å². The van der Waals surface area contributed by atoms with Crippen molar-refractivity contribution in [1.29, 1.82) is 0 Å². The summed E-state index contributed by atoms with van der Waals surface area (Å²) in [6.45, 7) is 2.52. The highest BCUT2D eigenvalue weighted by Crippen LogP contribution is 2.38. The summed E-state index contributed by atoms with van der Waals surface area (Å²) in [7, 11) is -2.45. The second-order valence-corrected chi connectivity index (χ2v) is 11.2. The van der Waals surface area contributed by atoms with E-state index in [1.54, 1.807) is 11.8 Å². The number of ether oxygens (including phenoxy) is 2. The molecule has 1 aromatic heterocycles. The van der Waals surface area contributed by atoms with Crippen molar-refractivity contribution >= 4 is 21.7 Å². The van der Waals surface area contributed by atoms with Crippen molar-refractivity contribution in [1.82, 2.24) is 19.4 Å². The summed E-state index contributed by atoms with van der Waals surface area (Å²) in [4.78, 5) is 15.0. The van der Waals surface area contributed by atoms with Gasteiger partial charge in [0.05, 0.1) is 24.9 Å². The first-order valence-electron chi connectivity index (χ1n) is 11.9. The molecule has 0 spiro atoms. The zero-order valence-electron chi connectivity index (χ0n) is 19.2. The number of carbonyl (C=O) groups excluding carboxylic acids is 1. The summed E-state index contributed by atoms with van der Waals surface area (Å²) >= 11 is 0. The first-order valence-corrected chi connectivity index (χ1v) is 13.4. The van der Waals surface area contributed by atoms with E-state index < -0.39 is 16.1 Å². The lowest BCUT2D eigenvalue weighted by molar-refractivity contribution is -0.0687. The maximum Gasteiger partial charge on any atom is 0.333 e. The third kappa shape index (κ3) is 3.66. The quantitative estimate of drug-likeness (QED) is 0.656. The Balaban J connectivity index is 1.17. The predicted octanol–water partition coefficient (Wildman–Crippen LogP) is 1.46. The fourth-order valence-electron chi connectivity index (χ4n) is 5.67. The molecule has 0 bridgehead atoms. The highest BCUT2D eigenvalue weighted by Gasteiger charge is 2.38. The van der Waals surface area contributed by atoms with Gasteiger partial charge in [0, 0.05) is 25.9 Å². The minimum atomic E-state index is -4.15. The molecule has 1 fully saturated rings. The molecule has 2 N–H and O–H groups in total. The number of urea groups is 1. The van der Waals surface area contributed by atoms with Crippen molar-refractivity contribution in [2.75, 3.05) is 32.1 Å². The Morgan fingerprint density at radius 3 is 2.50 bits per heavy atom. The van der Waals surface area contributed by atoms with Crippen LogP contribution in [0.15, 0.2) is 17.2 Å². The SMILES string of the molecule is COC1CN(C2COc3c(S(=O)(=O)NC(=O)Nc4c5c(cc6c4CCC6)CCC5)cnn3C2)C1. The number of sulfonamides is 1. The number of fused-ring (bicyclic) bond motifs is 3. The van der Waals surface area contributed by atoms with Gasteiger partial charge >= 0.3 is 6.03 Å². The van der Waals surface area contributed by atoms with Crippen molar-refractivity contribution in [3.63, 3.8) is 0 Å². The number of hydrogen-bond donors (Lipinski definition) is 2. The third-order valence-corrected chi connectivity index (χ3v) is 8.82. The summed E-state index contributed by atoms with van der Waals surface area (Å²) in [5, 5.41) is 7.09. The number of methoxy groups -OCH3 is 1. The molecule has 1 atom stereocenters. The molecule has 6 rings (SSSR count). The average molecular weight is 488 g/mol. The average Bonchev–Trinajstić information content (AvgIpc) is 3.51. The maximum absolute atomic E-state index is 13.1. The smallest absolute Gasteiger partial charge is 0.333 e. The summed E-state index contributed by atoms with van der Waals surface area (Å²) in [5.74, 6) is 0.168. The van der Waals surface area contributed by atoms with Gasteiger partial charge in [-0.2, -0.15) is 5.10 Å². The highest BCUT2D eigenvalue weighted by atomic mass is 32.2. The van der Waals surface area contributed by atoms with Crippen LogP contribution in [0.2, 0.25) is 0 Å². The molecule has 11 heteroatoms. The molecule has 0 radical (unpaired) electrons. The molecule has 34 heavy (non-hydrogen) atoms. The maximum atomic E-state index is 13.1. The van der Waals surface area contributed by atoms with Gasteiger partial charge in [-0.05, 0) is 60.8 Å². The van der Waals surface area contributed by atoms with Crippen LogP contribution in [0.1, 0.15) is 35.1 Å². The van der Waals surface area contributed by atoms with Gasteiger partial charge < -0.3 is 14.8 Å². The van der Waals surface area contributed by atoms with Crippen molar-refractivity contribution in [3.05, 3.63) is 34.5 Å². The molecule has 0 saturated carbocycles. The van der Waals surface area contributed by atoms with Crippen LogP contribution in [0.3, 0.4) is 0 Å².